The van der Waals surface area contributed by atoms with Gasteiger partial charge in [-0.25, -0.2) is 4.39 Å². The van der Waals surface area contributed by atoms with Crippen molar-refractivity contribution < 1.29 is 13.6 Å². The number of rotatable bonds is 8. The number of carbonyl (C=O) groups excluding carboxylic acids is 1. The molecule has 2 N–H and O–H groups in total. The van der Waals surface area contributed by atoms with Crippen LogP contribution in [0.2, 0.25) is 0 Å². The highest BCUT2D eigenvalue weighted by Gasteiger charge is 2.21. The number of hydrogen-bond donors (Lipinski definition) is 2. The van der Waals surface area contributed by atoms with Gasteiger partial charge in [0.05, 0.1) is 6.26 Å². The first-order valence-corrected chi connectivity index (χ1v) is 10.5. The second-order valence-electron chi connectivity index (χ2n) is 7.11. The number of aliphatic imine (C=N–C) groups is 1. The zero-order valence-electron chi connectivity index (χ0n) is 17.8. The minimum atomic E-state index is -0.235. The Balaban J connectivity index is 0.00000341. The van der Waals surface area contributed by atoms with Gasteiger partial charge in [0, 0.05) is 64.3 Å². The van der Waals surface area contributed by atoms with Crippen molar-refractivity contribution in [3.8, 4) is 0 Å². The van der Waals surface area contributed by atoms with Crippen LogP contribution in [0, 0.1) is 5.82 Å². The van der Waals surface area contributed by atoms with Crippen molar-refractivity contribution in [2.24, 2.45) is 4.99 Å². The molecule has 7 nitrogen and oxygen atoms in total. The monoisotopic (exact) mass is 543 g/mol. The first kappa shape index (κ1) is 25.0. The van der Waals surface area contributed by atoms with Crippen molar-refractivity contribution in [3.05, 3.63) is 54.2 Å². The molecular weight excluding hydrogens is 512 g/mol. The van der Waals surface area contributed by atoms with Gasteiger partial charge in [0.2, 0.25) is 5.91 Å². The predicted molar refractivity (Wildman–Crippen MR) is 132 cm³/mol. The smallest absolute Gasteiger partial charge is 0.224 e. The molecule has 0 atom stereocenters. The number of furan rings is 1. The van der Waals surface area contributed by atoms with E-state index in [1.165, 1.54) is 12.1 Å². The van der Waals surface area contributed by atoms with E-state index in [2.05, 4.69) is 20.5 Å². The van der Waals surface area contributed by atoms with Crippen LogP contribution in [0.25, 0.3) is 0 Å². The fourth-order valence-corrected chi connectivity index (χ4v) is 3.39. The van der Waals surface area contributed by atoms with E-state index in [4.69, 9.17) is 4.42 Å². The summed E-state index contributed by atoms with van der Waals surface area (Å²) in [5.41, 5.74) is 0.992. The Kier molecular flexibility index (Phi) is 10.6. The van der Waals surface area contributed by atoms with Crippen LogP contribution < -0.4 is 15.5 Å². The number of halogens is 2. The molecule has 1 aromatic carbocycles. The predicted octanol–water partition coefficient (Wildman–Crippen LogP) is 2.87. The Morgan fingerprint density at radius 2 is 1.87 bits per heavy atom. The van der Waals surface area contributed by atoms with Crippen LogP contribution in [-0.4, -0.2) is 62.6 Å². The van der Waals surface area contributed by atoms with Crippen molar-refractivity contribution in [3.63, 3.8) is 0 Å². The van der Waals surface area contributed by atoms with Gasteiger partial charge in [-0.3, -0.25) is 9.79 Å². The molecule has 1 aromatic heterocycles. The highest BCUT2D eigenvalue weighted by molar-refractivity contribution is 14.0. The van der Waals surface area contributed by atoms with E-state index in [0.717, 1.165) is 37.5 Å². The number of benzene rings is 1. The normalized spacial score (nSPS) is 14.2. The molecule has 31 heavy (non-hydrogen) atoms. The second-order valence-corrected chi connectivity index (χ2v) is 7.11. The van der Waals surface area contributed by atoms with Crippen molar-refractivity contribution in [1.82, 2.24) is 15.5 Å². The number of guanidine groups is 1. The molecule has 0 saturated carbocycles. The quantitative estimate of drug-likeness (QED) is 0.305. The Labute approximate surface area is 200 Å². The van der Waals surface area contributed by atoms with Gasteiger partial charge in [-0.1, -0.05) is 0 Å². The Bertz CT molecular complexity index is 806. The third-order valence-corrected chi connectivity index (χ3v) is 5.01. The molecule has 9 heteroatoms. The molecule has 3 rings (SSSR count). The van der Waals surface area contributed by atoms with Gasteiger partial charge in [0.15, 0.2) is 5.96 Å². The maximum absolute atomic E-state index is 13.1. The van der Waals surface area contributed by atoms with Gasteiger partial charge in [-0.15, -0.1) is 24.0 Å². The van der Waals surface area contributed by atoms with Gasteiger partial charge >= 0.3 is 0 Å². The number of hydrogen-bond acceptors (Lipinski definition) is 4. The van der Waals surface area contributed by atoms with Crippen LogP contribution in [0.4, 0.5) is 10.1 Å². The molecule has 1 aliphatic heterocycles. The van der Waals surface area contributed by atoms with Crippen LogP contribution in [0.3, 0.4) is 0 Å². The molecular formula is C22H31FIN5O2. The third kappa shape index (κ3) is 8.04. The van der Waals surface area contributed by atoms with Crippen LogP contribution in [-0.2, 0) is 11.2 Å². The lowest BCUT2D eigenvalue weighted by Gasteiger charge is -2.36. The summed E-state index contributed by atoms with van der Waals surface area (Å²) in [5.74, 6) is 1.51. The van der Waals surface area contributed by atoms with E-state index in [9.17, 15) is 9.18 Å². The molecule has 0 radical (unpaired) electrons. The van der Waals surface area contributed by atoms with Gasteiger partial charge in [-0.2, -0.15) is 0 Å². The number of nitrogens with zero attached hydrogens (tertiary/aromatic N) is 3. The highest BCUT2D eigenvalue weighted by atomic mass is 127. The van der Waals surface area contributed by atoms with Crippen molar-refractivity contribution >= 4 is 41.5 Å². The molecule has 170 valence electrons. The minimum absolute atomic E-state index is 0. The first-order chi connectivity index (χ1) is 14.7. The average molecular weight is 543 g/mol. The molecule has 0 bridgehead atoms. The summed E-state index contributed by atoms with van der Waals surface area (Å²) in [6, 6.07) is 10.3. The second kappa shape index (κ2) is 13.2. The van der Waals surface area contributed by atoms with Crippen molar-refractivity contribution in [2.45, 2.75) is 19.8 Å². The Morgan fingerprint density at radius 1 is 1.13 bits per heavy atom. The molecule has 1 aliphatic rings. The average Bonchev–Trinajstić information content (AvgIpc) is 3.28. The molecule has 0 unspecified atom stereocenters. The molecule has 2 aromatic rings. The number of piperazine rings is 1. The Morgan fingerprint density at radius 3 is 2.52 bits per heavy atom. The molecule has 2 heterocycles. The Hall–Kier alpha value is -2.30. The maximum Gasteiger partial charge on any atom is 0.224 e. The lowest BCUT2D eigenvalue weighted by atomic mass is 10.2. The summed E-state index contributed by atoms with van der Waals surface area (Å²) >= 11 is 0. The number of amides is 1. The summed E-state index contributed by atoms with van der Waals surface area (Å²) in [5, 5.41) is 6.42. The van der Waals surface area contributed by atoms with E-state index in [0.29, 0.717) is 38.6 Å². The molecule has 1 amide bonds. The van der Waals surface area contributed by atoms with Crippen LogP contribution >= 0.6 is 24.0 Å². The summed E-state index contributed by atoms with van der Waals surface area (Å²) in [6.07, 6.45) is 2.81. The fraction of sp³-hybridized carbons (Fsp3) is 0.455. The lowest BCUT2D eigenvalue weighted by molar-refractivity contribution is -0.131. The zero-order chi connectivity index (χ0) is 21.2. The summed E-state index contributed by atoms with van der Waals surface area (Å²) in [7, 11) is 0. The van der Waals surface area contributed by atoms with E-state index in [1.54, 1.807) is 18.4 Å². The molecule has 1 saturated heterocycles. The van der Waals surface area contributed by atoms with Crippen LogP contribution in [0.5, 0.6) is 0 Å². The molecule has 0 spiro atoms. The first-order valence-electron chi connectivity index (χ1n) is 10.5. The van der Waals surface area contributed by atoms with Crippen molar-refractivity contribution in [1.29, 1.82) is 0 Å². The summed E-state index contributed by atoms with van der Waals surface area (Å²) in [4.78, 5) is 21.1. The minimum Gasteiger partial charge on any atom is -0.469 e. The fourth-order valence-electron chi connectivity index (χ4n) is 3.39. The lowest BCUT2D eigenvalue weighted by Crippen LogP contribution is -2.49. The van der Waals surface area contributed by atoms with E-state index < -0.39 is 0 Å². The van der Waals surface area contributed by atoms with Crippen molar-refractivity contribution in [2.75, 3.05) is 50.7 Å². The van der Waals surface area contributed by atoms with E-state index >= 15 is 0 Å². The van der Waals surface area contributed by atoms with Gasteiger partial charge in [-0.05, 0) is 43.3 Å². The largest absolute Gasteiger partial charge is 0.469 e. The number of carbonyl (C=O) groups is 1. The van der Waals surface area contributed by atoms with Crippen LogP contribution in [0.15, 0.2) is 52.1 Å². The van der Waals surface area contributed by atoms with Gasteiger partial charge < -0.3 is 24.9 Å². The maximum atomic E-state index is 13.1. The SMILES string of the molecule is CCNC(=NCCc1ccco1)NCCC(=O)N1CCN(c2ccc(F)cc2)CC1.I. The topological polar surface area (TPSA) is 73.1 Å². The van der Waals surface area contributed by atoms with E-state index in [1.807, 2.05) is 24.0 Å². The number of anilines is 1. The molecule has 1 fully saturated rings. The summed E-state index contributed by atoms with van der Waals surface area (Å²) < 4.78 is 18.4. The van der Waals surface area contributed by atoms with Gasteiger partial charge in [0.25, 0.3) is 0 Å². The van der Waals surface area contributed by atoms with E-state index in [-0.39, 0.29) is 35.7 Å². The van der Waals surface area contributed by atoms with Crippen LogP contribution in [0.1, 0.15) is 19.1 Å². The summed E-state index contributed by atoms with van der Waals surface area (Å²) in [6.45, 7) is 6.76. The standard InChI is InChI=1S/C22H30FN5O2.HI/c1-2-24-22(25-11-9-20-4-3-17-30-20)26-12-10-21(29)28-15-13-27(14-16-28)19-7-5-18(23)6-8-19;/h3-8,17H,2,9-16H2,1H3,(H2,24,25,26);1H. The number of nitrogens with one attached hydrogen (secondary N) is 2. The zero-order valence-corrected chi connectivity index (χ0v) is 20.2. The van der Waals surface area contributed by atoms with Gasteiger partial charge in [0.1, 0.15) is 11.6 Å². The third-order valence-electron chi connectivity index (χ3n) is 5.01. The highest BCUT2D eigenvalue weighted by Crippen LogP contribution is 2.17. The molecule has 0 aliphatic carbocycles.